The second kappa shape index (κ2) is 10.1. The Morgan fingerprint density at radius 3 is 2.61 bits per heavy atom. The van der Waals surface area contributed by atoms with E-state index in [0.717, 1.165) is 0 Å². The van der Waals surface area contributed by atoms with Crippen LogP contribution in [0.4, 0.5) is 5.69 Å². The summed E-state index contributed by atoms with van der Waals surface area (Å²) in [6.07, 6.45) is 2.03. The van der Waals surface area contributed by atoms with Crippen molar-refractivity contribution in [3.63, 3.8) is 0 Å². The van der Waals surface area contributed by atoms with Crippen molar-refractivity contribution in [2.45, 2.75) is 13.3 Å². The van der Waals surface area contributed by atoms with Crippen molar-refractivity contribution in [3.05, 3.63) is 54.2 Å². The van der Waals surface area contributed by atoms with E-state index in [4.69, 9.17) is 20.3 Å². The van der Waals surface area contributed by atoms with E-state index in [-0.39, 0.29) is 13.2 Å². The van der Waals surface area contributed by atoms with E-state index in [9.17, 15) is 9.59 Å². The van der Waals surface area contributed by atoms with Crippen LogP contribution in [0.3, 0.4) is 0 Å². The molecular weight excluding hydrogens is 398 g/mol. The normalized spacial score (nSPS) is 10.1. The van der Waals surface area contributed by atoms with Crippen LogP contribution in [-0.4, -0.2) is 35.1 Å². The van der Waals surface area contributed by atoms with E-state index in [1.807, 2.05) is 0 Å². The summed E-state index contributed by atoms with van der Waals surface area (Å²) in [5.74, 6) is 5.37. The van der Waals surface area contributed by atoms with Gasteiger partial charge in [0, 0.05) is 36.2 Å². The third-order valence-electron chi connectivity index (χ3n) is 4.22. The minimum atomic E-state index is -0.523. The molecule has 0 aliphatic heterocycles. The number of hydrogen-bond donors (Lipinski definition) is 3. The largest absolute Gasteiger partial charge is 0.491 e. The van der Waals surface area contributed by atoms with Gasteiger partial charge in [-0.05, 0) is 49.2 Å². The van der Waals surface area contributed by atoms with Crippen molar-refractivity contribution in [3.8, 4) is 29.1 Å². The first-order valence-corrected chi connectivity index (χ1v) is 9.49. The van der Waals surface area contributed by atoms with Gasteiger partial charge < -0.3 is 25.6 Å². The third kappa shape index (κ3) is 5.50. The van der Waals surface area contributed by atoms with Gasteiger partial charge in [-0.25, -0.2) is 0 Å². The first-order valence-electron chi connectivity index (χ1n) is 9.49. The van der Waals surface area contributed by atoms with Crippen LogP contribution >= 0.6 is 0 Å². The van der Waals surface area contributed by atoms with Gasteiger partial charge in [0.25, 0.3) is 5.91 Å². The molecule has 31 heavy (non-hydrogen) atoms. The van der Waals surface area contributed by atoms with Gasteiger partial charge in [0.15, 0.2) is 0 Å². The number of aliphatic hydroxyl groups is 1. The summed E-state index contributed by atoms with van der Waals surface area (Å²) in [7, 11) is 0. The Balaban J connectivity index is 1.99. The zero-order valence-electron chi connectivity index (χ0n) is 16.8. The van der Waals surface area contributed by atoms with Crippen LogP contribution in [0.25, 0.3) is 10.9 Å². The number of nitrogens with zero attached hydrogens (tertiary/aromatic N) is 1. The number of aromatic nitrogens is 1. The Hall–Kier alpha value is -4.09. The molecule has 8 nitrogen and oxygen atoms in total. The Labute approximate surface area is 179 Å². The highest BCUT2D eigenvalue weighted by Gasteiger charge is 2.13. The number of primary amides is 1. The summed E-state index contributed by atoms with van der Waals surface area (Å²) in [6, 6.07) is 11.5. The highest BCUT2D eigenvalue weighted by Crippen LogP contribution is 2.36. The number of nitrogens with one attached hydrogen (secondary N) is 1. The number of aliphatic hydroxyl groups excluding tert-OH is 1. The highest BCUT2D eigenvalue weighted by molar-refractivity contribution is 6.06. The zero-order valence-corrected chi connectivity index (χ0v) is 16.8. The number of hydrogen-bond acceptors (Lipinski definition) is 6. The number of carbonyl (C=O) groups is 2. The fraction of sp³-hybridized carbons (Fsp3) is 0.174. The van der Waals surface area contributed by atoms with E-state index in [2.05, 4.69) is 22.1 Å². The number of fused-ring (bicyclic) bond motifs is 1. The molecule has 3 rings (SSSR count). The summed E-state index contributed by atoms with van der Waals surface area (Å²) in [5, 5.41) is 12.3. The van der Waals surface area contributed by atoms with Gasteiger partial charge in [0.1, 0.15) is 17.2 Å². The number of nitrogens with two attached hydrogens (primary N) is 1. The van der Waals surface area contributed by atoms with Crippen LogP contribution in [0.2, 0.25) is 0 Å². The van der Waals surface area contributed by atoms with E-state index in [1.165, 1.54) is 0 Å². The highest BCUT2D eigenvalue weighted by atomic mass is 16.5. The van der Waals surface area contributed by atoms with Gasteiger partial charge in [0.05, 0.1) is 17.8 Å². The average Bonchev–Trinajstić information content (AvgIpc) is 2.75. The van der Waals surface area contributed by atoms with Crippen LogP contribution in [0, 0.1) is 11.8 Å². The molecule has 3 aromatic rings. The zero-order chi connectivity index (χ0) is 22.2. The number of anilines is 1. The molecule has 2 aromatic carbocycles. The van der Waals surface area contributed by atoms with Gasteiger partial charge in [0.2, 0.25) is 5.91 Å². The SMILES string of the molecule is CC#CC(=O)Nc1cc2c(Oc3ccc(C(N)=O)cc3)ccnc2cc1OCCCO. The molecule has 8 heteroatoms. The van der Waals surface area contributed by atoms with Crippen LogP contribution in [0.1, 0.15) is 23.7 Å². The van der Waals surface area contributed by atoms with E-state index in [1.54, 1.807) is 55.6 Å². The first kappa shape index (κ1) is 21.6. The van der Waals surface area contributed by atoms with E-state index >= 15 is 0 Å². The molecule has 1 aromatic heterocycles. The first-order chi connectivity index (χ1) is 15.0. The summed E-state index contributed by atoms with van der Waals surface area (Å²) in [5.41, 5.74) is 6.63. The molecule has 2 amide bonds. The maximum Gasteiger partial charge on any atom is 0.300 e. The van der Waals surface area contributed by atoms with Crippen molar-refractivity contribution < 1.29 is 24.2 Å². The summed E-state index contributed by atoms with van der Waals surface area (Å²) >= 11 is 0. The molecule has 0 fully saturated rings. The average molecular weight is 419 g/mol. The van der Waals surface area contributed by atoms with Gasteiger partial charge in [-0.2, -0.15) is 0 Å². The van der Waals surface area contributed by atoms with Crippen LogP contribution in [0.5, 0.6) is 17.2 Å². The minimum Gasteiger partial charge on any atom is -0.491 e. The second-order valence-electron chi connectivity index (χ2n) is 6.42. The summed E-state index contributed by atoms with van der Waals surface area (Å²) in [4.78, 5) is 27.6. The molecule has 0 unspecified atom stereocenters. The predicted octanol–water partition coefficient (Wildman–Crippen LogP) is 2.85. The Bertz CT molecular complexity index is 1160. The van der Waals surface area contributed by atoms with Crippen LogP contribution in [-0.2, 0) is 4.79 Å². The third-order valence-corrected chi connectivity index (χ3v) is 4.22. The smallest absolute Gasteiger partial charge is 0.300 e. The predicted molar refractivity (Wildman–Crippen MR) is 116 cm³/mol. The number of carbonyl (C=O) groups excluding carboxylic acids is 2. The molecule has 0 aliphatic rings. The lowest BCUT2D eigenvalue weighted by molar-refractivity contribution is -0.111. The maximum absolute atomic E-state index is 12.0. The number of benzene rings is 2. The van der Waals surface area contributed by atoms with Gasteiger partial charge >= 0.3 is 0 Å². The Morgan fingerprint density at radius 1 is 1.16 bits per heavy atom. The molecule has 0 saturated carbocycles. The van der Waals surface area contributed by atoms with Crippen molar-refractivity contribution in [1.29, 1.82) is 0 Å². The van der Waals surface area contributed by atoms with Gasteiger partial charge in [-0.1, -0.05) is 5.92 Å². The lowest BCUT2D eigenvalue weighted by atomic mass is 10.1. The van der Waals surface area contributed by atoms with Crippen molar-refractivity contribution >= 4 is 28.4 Å². The van der Waals surface area contributed by atoms with Crippen molar-refractivity contribution in [2.24, 2.45) is 5.73 Å². The Morgan fingerprint density at radius 2 is 1.94 bits per heavy atom. The lowest BCUT2D eigenvalue weighted by Crippen LogP contribution is -2.11. The molecule has 0 bridgehead atoms. The molecule has 1 heterocycles. The van der Waals surface area contributed by atoms with Crippen LogP contribution < -0.4 is 20.5 Å². The van der Waals surface area contributed by atoms with E-state index < -0.39 is 11.8 Å². The van der Waals surface area contributed by atoms with E-state index in [0.29, 0.717) is 45.8 Å². The fourth-order valence-electron chi connectivity index (χ4n) is 2.78. The molecule has 0 radical (unpaired) electrons. The lowest BCUT2D eigenvalue weighted by Gasteiger charge is -2.14. The fourth-order valence-corrected chi connectivity index (χ4v) is 2.78. The molecule has 4 N–H and O–H groups in total. The molecule has 0 aliphatic carbocycles. The summed E-state index contributed by atoms with van der Waals surface area (Å²) < 4.78 is 11.7. The van der Waals surface area contributed by atoms with Crippen molar-refractivity contribution in [2.75, 3.05) is 18.5 Å². The monoisotopic (exact) mass is 419 g/mol. The summed E-state index contributed by atoms with van der Waals surface area (Å²) in [6.45, 7) is 1.83. The van der Waals surface area contributed by atoms with Crippen LogP contribution in [0.15, 0.2) is 48.7 Å². The minimum absolute atomic E-state index is 0.0125. The number of pyridine rings is 1. The standard InChI is InChI=1S/C23H21N3O5/c1-2-4-22(28)26-19-13-17-18(14-21(19)30-12-3-11-27)25-10-9-20(17)31-16-7-5-15(6-8-16)23(24)29/h5-10,13-14,27H,3,11-12H2,1H3,(H2,24,29)(H,26,28). The van der Waals surface area contributed by atoms with Crippen molar-refractivity contribution in [1.82, 2.24) is 4.98 Å². The molecular formula is C23H21N3O5. The van der Waals surface area contributed by atoms with Gasteiger partial charge in [-0.15, -0.1) is 0 Å². The number of amides is 2. The Kier molecular flexibility index (Phi) is 7.04. The number of rotatable bonds is 8. The van der Waals surface area contributed by atoms with Gasteiger partial charge in [-0.3, -0.25) is 14.6 Å². The molecule has 0 atom stereocenters. The maximum atomic E-state index is 12.0. The second-order valence-corrected chi connectivity index (χ2v) is 6.42. The molecule has 0 saturated heterocycles. The number of ether oxygens (including phenoxy) is 2. The quantitative estimate of drug-likeness (QED) is 0.381. The topological polar surface area (TPSA) is 124 Å². The molecule has 0 spiro atoms. The molecule has 158 valence electrons.